The van der Waals surface area contributed by atoms with E-state index in [1.165, 1.54) is 0 Å². The summed E-state index contributed by atoms with van der Waals surface area (Å²) in [4.78, 5) is 2.56. The van der Waals surface area contributed by atoms with Gasteiger partial charge in [0.1, 0.15) is 18.3 Å². The van der Waals surface area contributed by atoms with Gasteiger partial charge in [-0.15, -0.1) is 0 Å². The maximum atomic E-state index is 9.75. The van der Waals surface area contributed by atoms with E-state index >= 15 is 0 Å². The first-order valence-electron chi connectivity index (χ1n) is 5.64. The standard InChI is InChI=1S/C10H19N3O5/c1-10(2,3)18-9-8(16)7(15)6(14)5(17-9)4-12-13-11/h5-9,14-16H,4H2,1-3H3/t5?,6-,7-,8?,9-/m0/s1. The van der Waals surface area contributed by atoms with Gasteiger partial charge in [0.2, 0.25) is 0 Å². The van der Waals surface area contributed by atoms with Gasteiger partial charge >= 0.3 is 0 Å². The maximum absolute atomic E-state index is 9.75. The fourth-order valence-electron chi connectivity index (χ4n) is 1.63. The number of hydrogen-bond acceptors (Lipinski definition) is 6. The molecule has 0 radical (unpaired) electrons. The highest BCUT2D eigenvalue weighted by atomic mass is 16.7. The highest BCUT2D eigenvalue weighted by molar-refractivity contribution is 4.90. The summed E-state index contributed by atoms with van der Waals surface area (Å²) in [6, 6.07) is 0. The summed E-state index contributed by atoms with van der Waals surface area (Å²) < 4.78 is 10.8. The van der Waals surface area contributed by atoms with Crippen molar-refractivity contribution in [1.82, 2.24) is 0 Å². The molecule has 3 N–H and O–H groups in total. The minimum atomic E-state index is -1.41. The molecule has 0 aromatic heterocycles. The highest BCUT2D eigenvalue weighted by Gasteiger charge is 2.45. The van der Waals surface area contributed by atoms with Gasteiger partial charge in [-0.3, -0.25) is 0 Å². The number of aliphatic hydroxyl groups excluding tert-OH is 3. The first kappa shape index (κ1) is 15.2. The summed E-state index contributed by atoms with van der Waals surface area (Å²) in [5.74, 6) is 0. The molecule has 1 heterocycles. The van der Waals surface area contributed by atoms with Gasteiger partial charge in [0.15, 0.2) is 6.29 Å². The van der Waals surface area contributed by atoms with Crippen molar-refractivity contribution < 1.29 is 24.8 Å². The maximum Gasteiger partial charge on any atom is 0.187 e. The fourth-order valence-corrected chi connectivity index (χ4v) is 1.63. The fraction of sp³-hybridized carbons (Fsp3) is 1.00. The Morgan fingerprint density at radius 1 is 1.22 bits per heavy atom. The molecule has 2 unspecified atom stereocenters. The quantitative estimate of drug-likeness (QED) is 0.372. The third-order valence-corrected chi connectivity index (χ3v) is 2.46. The minimum Gasteiger partial charge on any atom is -0.388 e. The molecule has 0 aromatic carbocycles. The number of nitrogens with zero attached hydrogens (tertiary/aromatic N) is 3. The second kappa shape index (κ2) is 5.83. The minimum absolute atomic E-state index is 0.147. The summed E-state index contributed by atoms with van der Waals surface area (Å²) in [6.45, 7) is 5.15. The molecule has 1 fully saturated rings. The number of ether oxygens (including phenoxy) is 2. The predicted molar refractivity (Wildman–Crippen MR) is 61.5 cm³/mol. The lowest BCUT2D eigenvalue weighted by molar-refractivity contribution is -0.315. The molecule has 8 nitrogen and oxygen atoms in total. The molecule has 0 amide bonds. The van der Waals surface area contributed by atoms with Crippen LogP contribution in [0, 0.1) is 0 Å². The Morgan fingerprint density at radius 3 is 2.33 bits per heavy atom. The van der Waals surface area contributed by atoms with Crippen molar-refractivity contribution in [2.45, 2.75) is 57.1 Å². The SMILES string of the molecule is CC(C)(C)O[C@@H]1OC(CN=[N+]=[N-])[C@H](O)[C@H](O)C1O. The molecule has 18 heavy (non-hydrogen) atoms. The lowest BCUT2D eigenvalue weighted by atomic mass is 9.98. The van der Waals surface area contributed by atoms with Gasteiger partial charge in [0.25, 0.3) is 0 Å². The van der Waals surface area contributed by atoms with Crippen molar-refractivity contribution >= 4 is 0 Å². The van der Waals surface area contributed by atoms with Crippen molar-refractivity contribution in [2.24, 2.45) is 5.11 Å². The van der Waals surface area contributed by atoms with Crippen LogP contribution >= 0.6 is 0 Å². The number of azide groups is 1. The van der Waals surface area contributed by atoms with E-state index in [1.807, 2.05) is 0 Å². The van der Waals surface area contributed by atoms with Crippen LogP contribution in [0.2, 0.25) is 0 Å². The largest absolute Gasteiger partial charge is 0.388 e. The number of hydrogen-bond donors (Lipinski definition) is 3. The van der Waals surface area contributed by atoms with E-state index in [0.29, 0.717) is 0 Å². The second-order valence-corrected chi connectivity index (χ2v) is 5.16. The van der Waals surface area contributed by atoms with E-state index in [-0.39, 0.29) is 6.54 Å². The van der Waals surface area contributed by atoms with Crippen LogP contribution < -0.4 is 0 Å². The average molecular weight is 261 g/mol. The monoisotopic (exact) mass is 261 g/mol. The molecule has 1 saturated heterocycles. The molecular weight excluding hydrogens is 242 g/mol. The molecule has 0 bridgehead atoms. The zero-order valence-corrected chi connectivity index (χ0v) is 10.6. The van der Waals surface area contributed by atoms with Crippen molar-refractivity contribution in [3.63, 3.8) is 0 Å². The molecule has 104 valence electrons. The Morgan fingerprint density at radius 2 is 1.83 bits per heavy atom. The zero-order chi connectivity index (χ0) is 13.9. The topological polar surface area (TPSA) is 128 Å². The van der Waals surface area contributed by atoms with Crippen molar-refractivity contribution in [3.8, 4) is 0 Å². The molecule has 0 saturated carbocycles. The van der Waals surface area contributed by atoms with Crippen molar-refractivity contribution in [2.75, 3.05) is 6.54 Å². The molecule has 5 atom stereocenters. The Kier molecular flexibility index (Phi) is 4.92. The summed E-state index contributed by atoms with van der Waals surface area (Å²) in [7, 11) is 0. The van der Waals surface area contributed by atoms with Crippen LogP contribution in [-0.2, 0) is 9.47 Å². The normalized spacial score (nSPS) is 37.1. The summed E-state index contributed by atoms with van der Waals surface area (Å²) in [5.41, 5.74) is 7.64. The molecule has 8 heteroatoms. The van der Waals surface area contributed by atoms with Gasteiger partial charge in [-0.1, -0.05) is 5.11 Å². The molecule has 1 rings (SSSR count). The third kappa shape index (κ3) is 3.81. The van der Waals surface area contributed by atoms with Gasteiger partial charge in [-0.2, -0.15) is 0 Å². The van der Waals surface area contributed by atoms with Crippen LogP contribution in [0.1, 0.15) is 20.8 Å². The summed E-state index contributed by atoms with van der Waals surface area (Å²) >= 11 is 0. The lowest BCUT2D eigenvalue weighted by Crippen LogP contribution is -2.60. The van der Waals surface area contributed by atoms with Gasteiger partial charge in [-0.05, 0) is 26.3 Å². The van der Waals surface area contributed by atoms with Gasteiger partial charge < -0.3 is 24.8 Å². The second-order valence-electron chi connectivity index (χ2n) is 5.16. The van der Waals surface area contributed by atoms with Gasteiger partial charge in [0.05, 0.1) is 18.2 Å². The van der Waals surface area contributed by atoms with E-state index in [0.717, 1.165) is 0 Å². The molecule has 0 aromatic rings. The Labute approximate surface area is 105 Å². The highest BCUT2D eigenvalue weighted by Crippen LogP contribution is 2.25. The van der Waals surface area contributed by atoms with Crippen LogP contribution in [0.25, 0.3) is 10.4 Å². The molecule has 1 aliphatic rings. The first-order chi connectivity index (χ1) is 8.26. The van der Waals surface area contributed by atoms with E-state index in [1.54, 1.807) is 20.8 Å². The number of rotatable bonds is 3. The average Bonchev–Trinajstić information content (AvgIpc) is 2.27. The smallest absolute Gasteiger partial charge is 0.187 e. The van der Waals surface area contributed by atoms with Gasteiger partial charge in [0, 0.05) is 4.91 Å². The lowest BCUT2D eigenvalue weighted by Gasteiger charge is -2.42. The van der Waals surface area contributed by atoms with Crippen LogP contribution in [0.3, 0.4) is 0 Å². The van der Waals surface area contributed by atoms with Crippen molar-refractivity contribution in [1.29, 1.82) is 0 Å². The van der Waals surface area contributed by atoms with Crippen LogP contribution in [0.5, 0.6) is 0 Å². The molecule has 0 aliphatic carbocycles. The zero-order valence-electron chi connectivity index (χ0n) is 10.6. The van der Waals surface area contributed by atoms with E-state index < -0.39 is 36.3 Å². The van der Waals surface area contributed by atoms with Crippen molar-refractivity contribution in [3.05, 3.63) is 10.4 Å². The van der Waals surface area contributed by atoms with E-state index in [2.05, 4.69) is 10.0 Å². The molecule has 0 spiro atoms. The Balaban J connectivity index is 2.76. The van der Waals surface area contributed by atoms with E-state index in [9.17, 15) is 15.3 Å². The first-order valence-corrected chi connectivity index (χ1v) is 5.64. The van der Waals surface area contributed by atoms with Gasteiger partial charge in [-0.25, -0.2) is 0 Å². The molecular formula is C10H19N3O5. The Bertz CT molecular complexity index is 326. The summed E-state index contributed by atoms with van der Waals surface area (Å²) in [5, 5.41) is 32.4. The third-order valence-electron chi connectivity index (χ3n) is 2.46. The van der Waals surface area contributed by atoms with Crippen LogP contribution in [0.4, 0.5) is 0 Å². The number of aliphatic hydroxyl groups is 3. The van der Waals surface area contributed by atoms with Crippen LogP contribution in [0.15, 0.2) is 5.11 Å². The van der Waals surface area contributed by atoms with Crippen LogP contribution in [-0.4, -0.2) is 58.2 Å². The predicted octanol–water partition coefficient (Wildman–Crippen LogP) is -0.0806. The summed E-state index contributed by atoms with van der Waals surface area (Å²) in [6.07, 6.45) is -6.09. The molecule has 1 aliphatic heterocycles. The van der Waals surface area contributed by atoms with E-state index in [4.69, 9.17) is 15.0 Å². The Hall–Kier alpha value is -0.890.